The minimum absolute atomic E-state index is 0.535. The van der Waals surface area contributed by atoms with Crippen molar-refractivity contribution in [3.63, 3.8) is 0 Å². The molecular formula is C13H22N4S. The molecule has 1 heterocycles. The maximum Gasteiger partial charge on any atom is 0.132 e. The number of hydrogen-bond donors (Lipinski definition) is 2. The van der Waals surface area contributed by atoms with Gasteiger partial charge in [0.25, 0.3) is 0 Å². The molecule has 100 valence electrons. The molecule has 0 aromatic carbocycles. The number of anilines is 2. The first-order valence-corrected chi connectivity index (χ1v) is 7.84. The summed E-state index contributed by atoms with van der Waals surface area (Å²) in [6, 6.07) is 2.52. The van der Waals surface area contributed by atoms with Gasteiger partial charge < -0.3 is 10.6 Å². The second-order valence-electron chi connectivity index (χ2n) is 4.75. The van der Waals surface area contributed by atoms with Gasteiger partial charge in [0.15, 0.2) is 0 Å². The van der Waals surface area contributed by atoms with Gasteiger partial charge in [0.2, 0.25) is 0 Å². The van der Waals surface area contributed by atoms with Crippen LogP contribution in [0.3, 0.4) is 0 Å². The van der Waals surface area contributed by atoms with Crippen molar-refractivity contribution in [3.8, 4) is 0 Å². The second kappa shape index (κ2) is 6.27. The molecule has 5 heteroatoms. The zero-order chi connectivity index (χ0) is 13.0. The summed E-state index contributed by atoms with van der Waals surface area (Å²) in [6.07, 6.45) is 7.42. The first kappa shape index (κ1) is 13.5. The number of nitrogens with one attached hydrogen (secondary N) is 2. The third-order valence-corrected chi connectivity index (χ3v) is 4.60. The first-order valence-electron chi connectivity index (χ1n) is 6.55. The lowest BCUT2D eigenvalue weighted by Crippen LogP contribution is -2.34. The van der Waals surface area contributed by atoms with Gasteiger partial charge >= 0.3 is 0 Å². The zero-order valence-electron chi connectivity index (χ0n) is 11.4. The number of rotatable bonds is 4. The summed E-state index contributed by atoms with van der Waals surface area (Å²) in [5, 5.41) is 7.36. The normalized spacial score (nSPS) is 23.7. The van der Waals surface area contributed by atoms with Crippen LogP contribution >= 0.6 is 11.8 Å². The molecule has 0 aliphatic heterocycles. The van der Waals surface area contributed by atoms with E-state index in [1.807, 2.05) is 31.8 Å². The van der Waals surface area contributed by atoms with Gasteiger partial charge in [-0.05, 0) is 26.0 Å². The molecule has 1 aliphatic carbocycles. The molecule has 2 N–H and O–H groups in total. The molecule has 1 saturated carbocycles. The highest BCUT2D eigenvalue weighted by atomic mass is 32.2. The Hall–Kier alpha value is -0.970. The summed E-state index contributed by atoms with van der Waals surface area (Å²) in [4.78, 5) is 8.79. The Morgan fingerprint density at radius 3 is 2.67 bits per heavy atom. The van der Waals surface area contributed by atoms with Crippen LogP contribution in [0.1, 0.15) is 31.5 Å². The van der Waals surface area contributed by atoms with Gasteiger partial charge in [0, 0.05) is 24.4 Å². The van der Waals surface area contributed by atoms with Gasteiger partial charge in [-0.25, -0.2) is 9.97 Å². The van der Waals surface area contributed by atoms with E-state index >= 15 is 0 Å². The summed E-state index contributed by atoms with van der Waals surface area (Å²) in [6.45, 7) is 1.93. The van der Waals surface area contributed by atoms with Crippen molar-refractivity contribution in [3.05, 3.63) is 11.9 Å². The van der Waals surface area contributed by atoms with Gasteiger partial charge in [0.1, 0.15) is 17.5 Å². The van der Waals surface area contributed by atoms with Crippen molar-refractivity contribution in [2.75, 3.05) is 23.9 Å². The predicted molar refractivity (Wildman–Crippen MR) is 79.5 cm³/mol. The fourth-order valence-electron chi connectivity index (χ4n) is 2.50. The molecule has 2 atom stereocenters. The molecule has 0 radical (unpaired) electrons. The number of nitrogens with zero attached hydrogens (tertiary/aromatic N) is 2. The number of aryl methyl sites for hydroxylation is 1. The van der Waals surface area contributed by atoms with Crippen molar-refractivity contribution in [2.24, 2.45) is 0 Å². The topological polar surface area (TPSA) is 49.8 Å². The van der Waals surface area contributed by atoms with Crippen molar-refractivity contribution >= 4 is 23.4 Å². The van der Waals surface area contributed by atoms with Crippen molar-refractivity contribution in [1.29, 1.82) is 0 Å². The summed E-state index contributed by atoms with van der Waals surface area (Å²) >= 11 is 1.97. The van der Waals surface area contributed by atoms with E-state index in [-0.39, 0.29) is 0 Å². The molecule has 1 aromatic heterocycles. The second-order valence-corrected chi connectivity index (χ2v) is 5.82. The van der Waals surface area contributed by atoms with Crippen LogP contribution in [-0.2, 0) is 0 Å². The van der Waals surface area contributed by atoms with Crippen LogP contribution in [0.15, 0.2) is 6.07 Å². The Morgan fingerprint density at radius 1 is 1.22 bits per heavy atom. The van der Waals surface area contributed by atoms with Crippen LogP contribution in [-0.4, -0.2) is 34.6 Å². The fraction of sp³-hybridized carbons (Fsp3) is 0.692. The van der Waals surface area contributed by atoms with E-state index in [1.54, 1.807) is 0 Å². The van der Waals surface area contributed by atoms with E-state index in [0.29, 0.717) is 11.3 Å². The maximum absolute atomic E-state index is 4.47. The quantitative estimate of drug-likeness (QED) is 0.877. The van der Waals surface area contributed by atoms with Crippen molar-refractivity contribution in [1.82, 2.24) is 9.97 Å². The van der Waals surface area contributed by atoms with Gasteiger partial charge in [-0.3, -0.25) is 0 Å². The first-order chi connectivity index (χ1) is 8.72. The van der Waals surface area contributed by atoms with Crippen LogP contribution in [0.5, 0.6) is 0 Å². The van der Waals surface area contributed by atoms with Gasteiger partial charge in [0.05, 0.1) is 0 Å². The SMILES string of the molecule is CNc1cc(NC2CCCCC2SC)nc(C)n1. The molecule has 0 amide bonds. The standard InChI is InChI=1S/C13H22N4S/c1-9-15-12(14-2)8-13(16-9)17-10-6-4-5-7-11(10)18-3/h8,10-11H,4-7H2,1-3H3,(H2,14,15,16,17). The third kappa shape index (κ3) is 3.28. The van der Waals surface area contributed by atoms with E-state index in [9.17, 15) is 0 Å². The number of hydrogen-bond acceptors (Lipinski definition) is 5. The van der Waals surface area contributed by atoms with Crippen molar-refractivity contribution in [2.45, 2.75) is 43.9 Å². The molecule has 0 bridgehead atoms. The molecule has 2 unspecified atom stereocenters. The molecular weight excluding hydrogens is 244 g/mol. The molecule has 4 nitrogen and oxygen atoms in total. The summed E-state index contributed by atoms with van der Waals surface area (Å²) < 4.78 is 0. The Labute approximate surface area is 113 Å². The zero-order valence-corrected chi connectivity index (χ0v) is 12.2. The average Bonchev–Trinajstić information content (AvgIpc) is 2.38. The Balaban J connectivity index is 2.09. The smallest absolute Gasteiger partial charge is 0.132 e. The fourth-order valence-corrected chi connectivity index (χ4v) is 3.44. The van der Waals surface area contributed by atoms with E-state index < -0.39 is 0 Å². The molecule has 1 aromatic rings. The highest BCUT2D eigenvalue weighted by Gasteiger charge is 2.24. The molecule has 0 saturated heterocycles. The number of thioether (sulfide) groups is 1. The predicted octanol–water partition coefficient (Wildman–Crippen LogP) is 2.91. The van der Waals surface area contributed by atoms with Gasteiger partial charge in [-0.15, -0.1) is 0 Å². The van der Waals surface area contributed by atoms with Crippen LogP contribution in [0, 0.1) is 6.92 Å². The lowest BCUT2D eigenvalue weighted by atomic mass is 9.95. The van der Waals surface area contributed by atoms with E-state index in [1.165, 1.54) is 25.7 Å². The van der Waals surface area contributed by atoms with E-state index in [2.05, 4.69) is 26.9 Å². The number of aromatic nitrogens is 2. The van der Waals surface area contributed by atoms with Gasteiger partial charge in [-0.1, -0.05) is 12.8 Å². The van der Waals surface area contributed by atoms with Crippen molar-refractivity contribution < 1.29 is 0 Å². The maximum atomic E-state index is 4.47. The summed E-state index contributed by atoms with van der Waals surface area (Å²) in [7, 11) is 1.89. The Morgan fingerprint density at radius 2 is 1.94 bits per heavy atom. The molecule has 18 heavy (non-hydrogen) atoms. The minimum atomic E-state index is 0.535. The average molecular weight is 266 g/mol. The molecule has 1 fully saturated rings. The van der Waals surface area contributed by atoms with Gasteiger partial charge in [-0.2, -0.15) is 11.8 Å². The largest absolute Gasteiger partial charge is 0.373 e. The third-order valence-electron chi connectivity index (χ3n) is 3.43. The highest BCUT2D eigenvalue weighted by molar-refractivity contribution is 7.99. The van der Waals surface area contributed by atoms with E-state index in [4.69, 9.17) is 0 Å². The minimum Gasteiger partial charge on any atom is -0.373 e. The monoisotopic (exact) mass is 266 g/mol. The Bertz CT molecular complexity index is 397. The molecule has 0 spiro atoms. The lowest BCUT2D eigenvalue weighted by Gasteiger charge is -2.31. The van der Waals surface area contributed by atoms with E-state index in [0.717, 1.165) is 17.5 Å². The molecule has 1 aliphatic rings. The molecule has 2 rings (SSSR count). The Kier molecular flexibility index (Phi) is 4.69. The summed E-state index contributed by atoms with van der Waals surface area (Å²) in [5.74, 6) is 2.63. The van der Waals surface area contributed by atoms with Crippen LogP contribution in [0.2, 0.25) is 0 Å². The lowest BCUT2D eigenvalue weighted by molar-refractivity contribution is 0.474. The van der Waals surface area contributed by atoms with Crippen LogP contribution in [0.4, 0.5) is 11.6 Å². The van der Waals surface area contributed by atoms with Crippen LogP contribution in [0.25, 0.3) is 0 Å². The van der Waals surface area contributed by atoms with Crippen LogP contribution < -0.4 is 10.6 Å². The summed E-state index contributed by atoms with van der Waals surface area (Å²) in [5.41, 5.74) is 0. The highest BCUT2D eigenvalue weighted by Crippen LogP contribution is 2.29.